The molecule has 0 saturated carbocycles. The number of benzene rings is 2. The first kappa shape index (κ1) is 24.6. The number of hydrogen-bond donors (Lipinski definition) is 3. The number of nitrogens with one attached hydrogen (secondary N) is 3. The molecule has 0 aliphatic rings. The standard InChI is InChI=1S/C24H18ClF3N4O2S/c1-13(33)31-21-9-14(7-8-29-21)12-35-20-4-2-3-18-22(20)16(11-30-18)23(34)32-19-10-15(24(26,27)28)5-6-17(19)25/h2-11,30H,12H2,1H3,(H,32,34)(H,29,31,33). The second kappa shape index (κ2) is 10.0. The number of anilines is 2. The number of H-pyrrole nitrogens is 1. The van der Waals surface area contributed by atoms with Crippen LogP contribution in [-0.2, 0) is 16.7 Å². The SMILES string of the molecule is CC(=O)Nc1cc(CSc2cccc3[nH]cc(C(=O)Nc4cc(C(F)(F)F)ccc4Cl)c23)ccn1. The van der Waals surface area contributed by atoms with Gasteiger partial charge in [0, 0.05) is 40.9 Å². The largest absolute Gasteiger partial charge is 0.416 e. The zero-order valence-electron chi connectivity index (χ0n) is 18.2. The lowest BCUT2D eigenvalue weighted by Gasteiger charge is -2.12. The maximum absolute atomic E-state index is 13.1. The molecular formula is C24H18ClF3N4O2S. The summed E-state index contributed by atoms with van der Waals surface area (Å²) in [5.74, 6) is 0.145. The van der Waals surface area contributed by atoms with Crippen molar-refractivity contribution in [3.05, 3.63) is 82.6 Å². The number of aromatic amines is 1. The minimum atomic E-state index is -4.57. The van der Waals surface area contributed by atoms with Crippen molar-refractivity contribution < 1.29 is 22.8 Å². The van der Waals surface area contributed by atoms with Crippen molar-refractivity contribution in [2.24, 2.45) is 0 Å². The van der Waals surface area contributed by atoms with Crippen LogP contribution in [-0.4, -0.2) is 21.8 Å². The van der Waals surface area contributed by atoms with Crippen LogP contribution < -0.4 is 10.6 Å². The summed E-state index contributed by atoms with van der Waals surface area (Å²) in [6.07, 6.45) is -1.47. The molecule has 180 valence electrons. The molecule has 3 N–H and O–H groups in total. The van der Waals surface area contributed by atoms with E-state index in [1.165, 1.54) is 24.9 Å². The molecule has 4 rings (SSSR count). The number of halogens is 4. The molecule has 0 unspecified atom stereocenters. The first-order valence-electron chi connectivity index (χ1n) is 10.3. The van der Waals surface area contributed by atoms with E-state index in [9.17, 15) is 22.8 Å². The van der Waals surface area contributed by atoms with Crippen molar-refractivity contribution in [1.82, 2.24) is 9.97 Å². The summed E-state index contributed by atoms with van der Waals surface area (Å²) in [5, 5.41) is 5.76. The van der Waals surface area contributed by atoms with Gasteiger partial charge in [-0.1, -0.05) is 17.7 Å². The molecule has 0 aliphatic carbocycles. The van der Waals surface area contributed by atoms with Gasteiger partial charge in [-0.05, 0) is 48.0 Å². The van der Waals surface area contributed by atoms with Crippen LogP contribution in [0.15, 0.2) is 65.8 Å². The minimum absolute atomic E-state index is 0.00606. The Hall–Kier alpha value is -3.50. The average molecular weight is 519 g/mol. The summed E-state index contributed by atoms with van der Waals surface area (Å²) < 4.78 is 39.3. The molecule has 0 aliphatic heterocycles. The van der Waals surface area contributed by atoms with Crippen molar-refractivity contribution in [2.45, 2.75) is 23.7 Å². The lowest BCUT2D eigenvalue weighted by atomic mass is 10.1. The number of hydrogen-bond acceptors (Lipinski definition) is 4. The first-order chi connectivity index (χ1) is 16.6. The highest BCUT2D eigenvalue weighted by atomic mass is 35.5. The number of fused-ring (bicyclic) bond motifs is 1. The highest BCUT2D eigenvalue weighted by Gasteiger charge is 2.31. The van der Waals surface area contributed by atoms with Gasteiger partial charge in [0.2, 0.25) is 5.91 Å². The minimum Gasteiger partial charge on any atom is -0.360 e. The van der Waals surface area contributed by atoms with Crippen LogP contribution in [0.2, 0.25) is 5.02 Å². The van der Waals surface area contributed by atoms with Gasteiger partial charge in [-0.3, -0.25) is 9.59 Å². The summed E-state index contributed by atoms with van der Waals surface area (Å²) >= 11 is 7.50. The van der Waals surface area contributed by atoms with E-state index in [1.807, 2.05) is 18.2 Å². The molecule has 11 heteroatoms. The van der Waals surface area contributed by atoms with Crippen molar-refractivity contribution in [3.63, 3.8) is 0 Å². The molecule has 0 radical (unpaired) electrons. The van der Waals surface area contributed by atoms with E-state index >= 15 is 0 Å². The molecule has 0 bridgehead atoms. The number of thioether (sulfide) groups is 1. The summed E-state index contributed by atoms with van der Waals surface area (Å²) in [4.78, 5) is 32.3. The van der Waals surface area contributed by atoms with E-state index < -0.39 is 17.6 Å². The maximum atomic E-state index is 13.1. The van der Waals surface area contributed by atoms with Crippen LogP contribution in [0, 0.1) is 0 Å². The number of nitrogens with zero attached hydrogens (tertiary/aromatic N) is 1. The Kier molecular flexibility index (Phi) is 7.04. The topological polar surface area (TPSA) is 86.9 Å². The Balaban J connectivity index is 1.59. The number of carbonyl (C=O) groups excluding carboxylic acids is 2. The van der Waals surface area contributed by atoms with Crippen LogP contribution in [0.25, 0.3) is 10.9 Å². The lowest BCUT2D eigenvalue weighted by molar-refractivity contribution is -0.137. The van der Waals surface area contributed by atoms with Crippen molar-refractivity contribution in [3.8, 4) is 0 Å². The van der Waals surface area contributed by atoms with Crippen molar-refractivity contribution in [1.29, 1.82) is 0 Å². The Morgan fingerprint density at radius 1 is 1.11 bits per heavy atom. The second-order valence-corrected chi connectivity index (χ2v) is 8.97. The zero-order valence-corrected chi connectivity index (χ0v) is 19.7. The van der Waals surface area contributed by atoms with Gasteiger partial charge >= 0.3 is 6.18 Å². The molecule has 2 aromatic carbocycles. The summed E-state index contributed by atoms with van der Waals surface area (Å²) in [6, 6.07) is 11.8. The van der Waals surface area contributed by atoms with Crippen LogP contribution in [0.1, 0.15) is 28.4 Å². The molecule has 4 aromatic rings. The molecule has 0 spiro atoms. The number of rotatable bonds is 6. The van der Waals surface area contributed by atoms with Crippen LogP contribution in [0.3, 0.4) is 0 Å². The fraction of sp³-hybridized carbons (Fsp3) is 0.125. The Labute approximate surface area is 207 Å². The third kappa shape index (κ3) is 5.77. The maximum Gasteiger partial charge on any atom is 0.416 e. The number of alkyl halides is 3. The van der Waals surface area contributed by atoms with Gasteiger partial charge in [0.05, 0.1) is 21.8 Å². The molecule has 6 nitrogen and oxygen atoms in total. The second-order valence-electron chi connectivity index (χ2n) is 7.55. The smallest absolute Gasteiger partial charge is 0.360 e. The van der Waals surface area contributed by atoms with Gasteiger partial charge < -0.3 is 15.6 Å². The predicted molar refractivity (Wildman–Crippen MR) is 131 cm³/mol. The van der Waals surface area contributed by atoms with Crippen molar-refractivity contribution in [2.75, 3.05) is 10.6 Å². The molecule has 2 heterocycles. The number of carbonyl (C=O) groups is 2. The van der Waals surface area contributed by atoms with Crippen LogP contribution in [0.4, 0.5) is 24.7 Å². The molecule has 2 aromatic heterocycles. The fourth-order valence-electron chi connectivity index (χ4n) is 3.41. The van der Waals surface area contributed by atoms with E-state index in [1.54, 1.807) is 18.3 Å². The van der Waals surface area contributed by atoms with E-state index in [0.29, 0.717) is 22.5 Å². The van der Waals surface area contributed by atoms with E-state index in [4.69, 9.17) is 11.6 Å². The Bertz CT molecular complexity index is 1420. The average Bonchev–Trinajstić information content (AvgIpc) is 3.23. The van der Waals surface area contributed by atoms with Gasteiger partial charge in [-0.15, -0.1) is 11.8 Å². The highest BCUT2D eigenvalue weighted by molar-refractivity contribution is 7.98. The summed E-state index contributed by atoms with van der Waals surface area (Å²) in [7, 11) is 0. The third-order valence-corrected chi connectivity index (χ3v) is 6.44. The molecule has 0 fully saturated rings. The van der Waals surface area contributed by atoms with Gasteiger partial charge in [0.25, 0.3) is 5.91 Å². The summed E-state index contributed by atoms with van der Waals surface area (Å²) in [5.41, 5.74) is 0.828. The zero-order chi connectivity index (χ0) is 25.2. The molecule has 35 heavy (non-hydrogen) atoms. The van der Waals surface area contributed by atoms with Crippen LogP contribution in [0.5, 0.6) is 0 Å². The molecule has 0 atom stereocenters. The normalized spacial score (nSPS) is 11.5. The molecule has 0 saturated heterocycles. The lowest BCUT2D eigenvalue weighted by Crippen LogP contribution is -2.13. The predicted octanol–water partition coefficient (Wildman–Crippen LogP) is 6.74. The third-order valence-electron chi connectivity index (χ3n) is 4.98. The fourth-order valence-corrected chi connectivity index (χ4v) is 4.62. The Morgan fingerprint density at radius 2 is 1.91 bits per heavy atom. The van der Waals surface area contributed by atoms with Gasteiger partial charge in [-0.2, -0.15) is 13.2 Å². The quantitative estimate of drug-likeness (QED) is 0.247. The highest BCUT2D eigenvalue weighted by Crippen LogP contribution is 2.36. The van der Waals surface area contributed by atoms with Crippen LogP contribution >= 0.6 is 23.4 Å². The van der Waals surface area contributed by atoms with Gasteiger partial charge in [0.15, 0.2) is 0 Å². The molecular weight excluding hydrogens is 501 g/mol. The van der Waals surface area contributed by atoms with E-state index in [-0.39, 0.29) is 22.2 Å². The molecule has 2 amide bonds. The number of aromatic nitrogens is 2. The van der Waals surface area contributed by atoms with Crippen molar-refractivity contribution >= 4 is 57.6 Å². The Morgan fingerprint density at radius 3 is 2.66 bits per heavy atom. The number of amides is 2. The number of pyridine rings is 1. The van der Waals surface area contributed by atoms with E-state index in [0.717, 1.165) is 28.7 Å². The first-order valence-corrected chi connectivity index (χ1v) is 11.6. The summed E-state index contributed by atoms with van der Waals surface area (Å²) in [6.45, 7) is 1.40. The van der Waals surface area contributed by atoms with Gasteiger partial charge in [-0.25, -0.2) is 4.98 Å². The van der Waals surface area contributed by atoms with Gasteiger partial charge in [0.1, 0.15) is 5.82 Å². The van der Waals surface area contributed by atoms with E-state index in [2.05, 4.69) is 20.6 Å². The monoisotopic (exact) mass is 518 g/mol.